The van der Waals surface area contributed by atoms with E-state index in [1.165, 1.54) is 6.07 Å². The van der Waals surface area contributed by atoms with Crippen molar-refractivity contribution in [2.45, 2.75) is 6.54 Å². The van der Waals surface area contributed by atoms with Gasteiger partial charge < -0.3 is 10.1 Å². The van der Waals surface area contributed by atoms with Gasteiger partial charge in [-0.3, -0.25) is 0 Å². The first-order valence-corrected chi connectivity index (χ1v) is 6.79. The van der Waals surface area contributed by atoms with E-state index in [4.69, 9.17) is 16.3 Å². The highest BCUT2D eigenvalue weighted by Gasteiger charge is 2.06. The van der Waals surface area contributed by atoms with Gasteiger partial charge in [0.2, 0.25) is 0 Å². The molecule has 100 valence electrons. The van der Waals surface area contributed by atoms with Gasteiger partial charge in [0.15, 0.2) is 0 Å². The molecule has 2 aromatic rings. The minimum absolute atomic E-state index is 0.155. The molecule has 19 heavy (non-hydrogen) atoms. The Morgan fingerprint density at radius 1 is 1.32 bits per heavy atom. The highest BCUT2D eigenvalue weighted by molar-refractivity contribution is 9.10. The fourth-order valence-electron chi connectivity index (χ4n) is 1.66. The number of ether oxygens (including phenoxy) is 1. The Bertz CT molecular complexity index is 592. The molecule has 5 heteroatoms. The molecule has 0 bridgehead atoms. The average molecular weight is 345 g/mol. The molecule has 0 heterocycles. The average Bonchev–Trinajstić information content (AvgIpc) is 2.40. The summed E-state index contributed by atoms with van der Waals surface area (Å²) >= 11 is 9.30. The van der Waals surface area contributed by atoms with Crippen LogP contribution in [0.25, 0.3) is 0 Å². The summed E-state index contributed by atoms with van der Waals surface area (Å²) in [4.78, 5) is 0. The highest BCUT2D eigenvalue weighted by Crippen LogP contribution is 2.28. The Hall–Kier alpha value is -1.26. The van der Waals surface area contributed by atoms with E-state index in [9.17, 15) is 4.39 Å². The molecule has 1 N–H and O–H groups in total. The highest BCUT2D eigenvalue weighted by atomic mass is 79.9. The number of rotatable bonds is 4. The summed E-state index contributed by atoms with van der Waals surface area (Å²) in [6, 6.07) is 10.4. The maximum atomic E-state index is 13.3. The van der Waals surface area contributed by atoms with Crippen molar-refractivity contribution in [2.24, 2.45) is 0 Å². The van der Waals surface area contributed by atoms with Crippen LogP contribution in [0.2, 0.25) is 5.02 Å². The Kier molecular flexibility index (Phi) is 4.66. The summed E-state index contributed by atoms with van der Waals surface area (Å²) in [5.41, 5.74) is 1.61. The van der Waals surface area contributed by atoms with Crippen LogP contribution in [0, 0.1) is 5.82 Å². The van der Waals surface area contributed by atoms with Crippen molar-refractivity contribution >= 4 is 33.2 Å². The minimum atomic E-state index is -0.406. The quantitative estimate of drug-likeness (QED) is 0.855. The lowest BCUT2D eigenvalue weighted by Crippen LogP contribution is -2.01. The van der Waals surface area contributed by atoms with E-state index in [1.807, 2.05) is 18.2 Å². The van der Waals surface area contributed by atoms with Gasteiger partial charge >= 0.3 is 0 Å². The second-order valence-electron chi connectivity index (χ2n) is 3.92. The van der Waals surface area contributed by atoms with Crippen molar-refractivity contribution in [1.82, 2.24) is 0 Å². The number of nitrogens with one attached hydrogen (secondary N) is 1. The molecule has 0 radical (unpaired) electrons. The maximum absolute atomic E-state index is 13.3. The van der Waals surface area contributed by atoms with Crippen LogP contribution in [0.3, 0.4) is 0 Å². The Morgan fingerprint density at radius 2 is 2.11 bits per heavy atom. The van der Waals surface area contributed by atoms with E-state index in [0.717, 1.165) is 15.9 Å². The lowest BCUT2D eigenvalue weighted by molar-refractivity contribution is 0.412. The zero-order chi connectivity index (χ0) is 13.8. The van der Waals surface area contributed by atoms with Crippen molar-refractivity contribution in [3.05, 3.63) is 57.3 Å². The van der Waals surface area contributed by atoms with Crippen molar-refractivity contribution in [3.63, 3.8) is 0 Å². The van der Waals surface area contributed by atoms with Crippen LogP contribution >= 0.6 is 27.5 Å². The van der Waals surface area contributed by atoms with Gasteiger partial charge in [0, 0.05) is 12.2 Å². The summed E-state index contributed by atoms with van der Waals surface area (Å²) < 4.78 is 19.3. The summed E-state index contributed by atoms with van der Waals surface area (Å²) in [5.74, 6) is 0.353. The van der Waals surface area contributed by atoms with E-state index >= 15 is 0 Å². The van der Waals surface area contributed by atoms with Crippen molar-refractivity contribution in [1.29, 1.82) is 0 Å². The Balaban J connectivity index is 2.10. The van der Waals surface area contributed by atoms with Crippen LogP contribution in [0.15, 0.2) is 40.9 Å². The number of hydrogen-bond acceptors (Lipinski definition) is 2. The van der Waals surface area contributed by atoms with E-state index in [2.05, 4.69) is 21.2 Å². The largest absolute Gasteiger partial charge is 0.496 e. The van der Waals surface area contributed by atoms with Crippen LogP contribution in [0.5, 0.6) is 5.75 Å². The van der Waals surface area contributed by atoms with E-state index in [-0.39, 0.29) is 5.02 Å². The van der Waals surface area contributed by atoms with Crippen LogP contribution < -0.4 is 10.1 Å². The molecule has 0 atom stereocenters. The number of hydrogen-bond donors (Lipinski definition) is 1. The third-order valence-corrected chi connectivity index (χ3v) is 3.71. The number of anilines is 1. The zero-order valence-corrected chi connectivity index (χ0v) is 12.6. The normalized spacial score (nSPS) is 10.3. The molecule has 0 aromatic heterocycles. The second kappa shape index (κ2) is 6.26. The number of methoxy groups -OCH3 is 1. The molecular formula is C14H12BrClFNO. The monoisotopic (exact) mass is 343 g/mol. The van der Waals surface area contributed by atoms with Crippen LogP contribution in [-0.4, -0.2) is 7.11 Å². The first-order valence-electron chi connectivity index (χ1n) is 5.62. The molecule has 0 aliphatic heterocycles. The summed E-state index contributed by atoms with van der Waals surface area (Å²) in [6.45, 7) is 0.454. The lowest BCUT2D eigenvalue weighted by atomic mass is 10.2. The van der Waals surface area contributed by atoms with Gasteiger partial charge in [-0.15, -0.1) is 0 Å². The van der Waals surface area contributed by atoms with E-state index in [1.54, 1.807) is 19.2 Å². The molecule has 0 saturated heterocycles. The van der Waals surface area contributed by atoms with Crippen LogP contribution in [0.1, 0.15) is 5.56 Å². The SMILES string of the molecule is COc1ccc(NCc2cccc(F)c2Cl)cc1Br. The van der Waals surface area contributed by atoms with Gasteiger partial charge in [0.05, 0.1) is 16.6 Å². The molecule has 2 aromatic carbocycles. The maximum Gasteiger partial charge on any atom is 0.142 e. The molecule has 0 amide bonds. The van der Waals surface area contributed by atoms with Crippen molar-refractivity contribution in [3.8, 4) is 5.75 Å². The summed E-state index contributed by atoms with van der Waals surface area (Å²) in [6.07, 6.45) is 0. The zero-order valence-electron chi connectivity index (χ0n) is 10.2. The molecule has 0 aliphatic rings. The molecule has 0 aliphatic carbocycles. The summed E-state index contributed by atoms with van der Waals surface area (Å²) in [7, 11) is 1.61. The number of halogens is 3. The fourth-order valence-corrected chi connectivity index (χ4v) is 2.39. The van der Waals surface area contributed by atoms with Gasteiger partial charge in [-0.05, 0) is 45.8 Å². The van der Waals surface area contributed by atoms with Crippen molar-refractivity contribution in [2.75, 3.05) is 12.4 Å². The standard InChI is InChI=1S/C14H12BrClFNO/c1-19-13-6-5-10(7-11(13)15)18-8-9-3-2-4-12(17)14(9)16/h2-7,18H,8H2,1H3. The Morgan fingerprint density at radius 3 is 2.79 bits per heavy atom. The van der Waals surface area contributed by atoms with Gasteiger partial charge in [0.1, 0.15) is 11.6 Å². The molecule has 0 fully saturated rings. The molecular weight excluding hydrogens is 333 g/mol. The van der Waals surface area contributed by atoms with Crippen LogP contribution in [0.4, 0.5) is 10.1 Å². The van der Waals surface area contributed by atoms with E-state index in [0.29, 0.717) is 12.1 Å². The van der Waals surface area contributed by atoms with Gasteiger partial charge in [-0.25, -0.2) is 4.39 Å². The molecule has 0 unspecified atom stereocenters. The first kappa shape index (κ1) is 14.2. The third kappa shape index (κ3) is 3.39. The fraction of sp³-hybridized carbons (Fsp3) is 0.143. The second-order valence-corrected chi connectivity index (χ2v) is 5.15. The summed E-state index contributed by atoms with van der Waals surface area (Å²) in [5, 5.41) is 3.34. The molecule has 2 nitrogen and oxygen atoms in total. The minimum Gasteiger partial charge on any atom is -0.496 e. The van der Waals surface area contributed by atoms with Gasteiger partial charge in [0.25, 0.3) is 0 Å². The van der Waals surface area contributed by atoms with E-state index < -0.39 is 5.82 Å². The predicted octanol–water partition coefficient (Wildman–Crippen LogP) is 4.86. The van der Waals surface area contributed by atoms with Crippen molar-refractivity contribution < 1.29 is 9.13 Å². The lowest BCUT2D eigenvalue weighted by Gasteiger charge is -2.10. The third-order valence-electron chi connectivity index (χ3n) is 2.67. The first-order chi connectivity index (χ1) is 9.11. The molecule has 0 saturated carbocycles. The molecule has 2 rings (SSSR count). The Labute approximate surface area is 124 Å². The topological polar surface area (TPSA) is 21.3 Å². The predicted molar refractivity (Wildman–Crippen MR) is 79.4 cm³/mol. The molecule has 0 spiro atoms. The van der Waals surface area contributed by atoms with Crippen LogP contribution in [-0.2, 0) is 6.54 Å². The van der Waals surface area contributed by atoms with Gasteiger partial charge in [-0.1, -0.05) is 23.7 Å². The number of benzene rings is 2. The van der Waals surface area contributed by atoms with Gasteiger partial charge in [-0.2, -0.15) is 0 Å². The smallest absolute Gasteiger partial charge is 0.142 e.